The Morgan fingerprint density at radius 3 is 2.52 bits per heavy atom. The summed E-state index contributed by atoms with van der Waals surface area (Å²) in [6.45, 7) is 0. The van der Waals surface area contributed by atoms with Gasteiger partial charge in [0, 0.05) is 20.8 Å². The van der Waals surface area contributed by atoms with Gasteiger partial charge in [-0.3, -0.25) is 0 Å². The van der Waals surface area contributed by atoms with E-state index in [-0.39, 0.29) is 17.1 Å². The average molecular weight is 442 g/mol. The molecule has 3 rings (SSSR count). The second-order valence-electron chi connectivity index (χ2n) is 4.98. The van der Waals surface area contributed by atoms with Crippen molar-refractivity contribution in [1.29, 1.82) is 0 Å². The first-order valence-electron chi connectivity index (χ1n) is 6.37. The molecular weight excluding hydrogens is 434 g/mol. The maximum atomic E-state index is 13.8. The fourth-order valence-electron chi connectivity index (χ4n) is 2.41. The minimum atomic E-state index is -3.51. The normalized spacial score (nSPS) is 18.5. The number of benzene rings is 2. The maximum absolute atomic E-state index is 13.8. The van der Waals surface area contributed by atoms with Gasteiger partial charge in [-0.2, -0.15) is 8.78 Å². The van der Waals surface area contributed by atoms with E-state index in [9.17, 15) is 27.1 Å². The Labute approximate surface area is 141 Å². The molecule has 1 aliphatic rings. The molecule has 8 heteroatoms. The average Bonchev–Trinajstić information content (AvgIpc) is 2.47. The van der Waals surface area contributed by atoms with Crippen LogP contribution in [-0.2, 0) is 5.92 Å². The number of aliphatic hydroxyl groups is 1. The van der Waals surface area contributed by atoms with Gasteiger partial charge in [0.15, 0.2) is 0 Å². The van der Waals surface area contributed by atoms with Gasteiger partial charge >= 0.3 is 5.92 Å². The number of fused-ring (bicyclic) bond motifs is 1. The van der Waals surface area contributed by atoms with Gasteiger partial charge in [0.05, 0.1) is 5.56 Å². The van der Waals surface area contributed by atoms with Crippen LogP contribution in [0.1, 0.15) is 29.2 Å². The Morgan fingerprint density at radius 1 is 1.17 bits per heavy atom. The van der Waals surface area contributed by atoms with E-state index in [4.69, 9.17) is 4.74 Å². The van der Waals surface area contributed by atoms with Gasteiger partial charge in [0.2, 0.25) is 0 Å². The molecule has 0 saturated heterocycles. The molecule has 0 radical (unpaired) electrons. The van der Waals surface area contributed by atoms with Crippen molar-refractivity contribution in [3.05, 3.63) is 56.4 Å². The number of hydrogen-bond acceptors (Lipinski definition) is 2. The minimum absolute atomic E-state index is 0.0265. The number of hydrogen-bond donors (Lipinski definition) is 1. The molecule has 122 valence electrons. The highest BCUT2D eigenvalue weighted by Gasteiger charge is 2.56. The Balaban J connectivity index is 2.03. The molecule has 0 saturated carbocycles. The van der Waals surface area contributed by atoms with Gasteiger partial charge in [-0.05, 0) is 46.9 Å². The SMILES string of the molecule is OC1c2c(I)ccc(Oc3cc(F)cc(C(F)F)c3)c2C1(F)F. The maximum Gasteiger partial charge on any atom is 0.306 e. The van der Waals surface area contributed by atoms with Crippen molar-refractivity contribution in [2.24, 2.45) is 0 Å². The molecule has 1 unspecified atom stereocenters. The fourth-order valence-corrected chi connectivity index (χ4v) is 3.15. The predicted molar refractivity (Wildman–Crippen MR) is 79.4 cm³/mol. The summed E-state index contributed by atoms with van der Waals surface area (Å²) in [5.74, 6) is -5.10. The highest BCUT2D eigenvalue weighted by molar-refractivity contribution is 14.1. The zero-order valence-corrected chi connectivity index (χ0v) is 13.3. The zero-order valence-electron chi connectivity index (χ0n) is 11.2. The highest BCUT2D eigenvalue weighted by Crippen LogP contribution is 2.58. The van der Waals surface area contributed by atoms with Crippen LogP contribution in [0.15, 0.2) is 30.3 Å². The Hall–Kier alpha value is -1.42. The first-order chi connectivity index (χ1) is 10.7. The molecule has 0 fully saturated rings. The van der Waals surface area contributed by atoms with Crippen LogP contribution in [0.3, 0.4) is 0 Å². The molecule has 1 atom stereocenters. The van der Waals surface area contributed by atoms with Crippen LogP contribution in [0.4, 0.5) is 22.0 Å². The van der Waals surface area contributed by atoms with Gasteiger partial charge in [-0.1, -0.05) is 0 Å². The molecule has 2 aromatic carbocycles. The first kappa shape index (κ1) is 16.4. The van der Waals surface area contributed by atoms with Gasteiger partial charge in [-0.25, -0.2) is 13.2 Å². The summed E-state index contributed by atoms with van der Waals surface area (Å²) in [6, 6.07) is 5.02. The van der Waals surface area contributed by atoms with Crippen LogP contribution in [-0.4, -0.2) is 5.11 Å². The van der Waals surface area contributed by atoms with Crippen LogP contribution in [0, 0.1) is 9.39 Å². The first-order valence-corrected chi connectivity index (χ1v) is 7.45. The number of halogens is 6. The lowest BCUT2D eigenvalue weighted by molar-refractivity contribution is -0.149. The van der Waals surface area contributed by atoms with Crippen molar-refractivity contribution in [1.82, 2.24) is 0 Å². The van der Waals surface area contributed by atoms with Crippen molar-refractivity contribution < 1.29 is 31.8 Å². The summed E-state index contributed by atoms with van der Waals surface area (Å²) in [7, 11) is 0. The molecule has 1 N–H and O–H groups in total. The van der Waals surface area contributed by atoms with E-state index in [0.29, 0.717) is 9.64 Å². The topological polar surface area (TPSA) is 29.5 Å². The number of alkyl halides is 4. The van der Waals surface area contributed by atoms with E-state index >= 15 is 0 Å². The molecule has 1 aliphatic carbocycles. The van der Waals surface area contributed by atoms with E-state index in [0.717, 1.165) is 12.1 Å². The quantitative estimate of drug-likeness (QED) is 0.517. The summed E-state index contributed by atoms with van der Waals surface area (Å²) in [4.78, 5) is 0. The highest BCUT2D eigenvalue weighted by atomic mass is 127. The lowest BCUT2D eigenvalue weighted by atomic mass is 9.80. The smallest absolute Gasteiger partial charge is 0.306 e. The molecule has 0 aliphatic heterocycles. The predicted octanol–water partition coefficient (Wildman–Crippen LogP) is 5.30. The Kier molecular flexibility index (Phi) is 3.99. The molecule has 0 amide bonds. The fraction of sp³-hybridized carbons (Fsp3) is 0.200. The minimum Gasteiger partial charge on any atom is -0.457 e. The summed E-state index contributed by atoms with van der Waals surface area (Å²) >= 11 is 1.79. The van der Waals surface area contributed by atoms with Gasteiger partial charge < -0.3 is 9.84 Å². The van der Waals surface area contributed by atoms with Crippen molar-refractivity contribution in [2.45, 2.75) is 18.5 Å². The van der Waals surface area contributed by atoms with E-state index in [1.54, 1.807) is 22.6 Å². The Morgan fingerprint density at radius 2 is 1.87 bits per heavy atom. The summed E-state index contributed by atoms with van der Waals surface area (Å²) in [5, 5.41) is 9.49. The van der Waals surface area contributed by atoms with E-state index in [2.05, 4.69) is 0 Å². The van der Waals surface area contributed by atoms with Crippen LogP contribution in [0.5, 0.6) is 11.5 Å². The molecular formula is C15H8F5IO2. The van der Waals surface area contributed by atoms with E-state index in [1.807, 2.05) is 0 Å². The Bertz CT molecular complexity index is 779. The van der Waals surface area contributed by atoms with Crippen molar-refractivity contribution in [2.75, 3.05) is 0 Å². The second kappa shape index (κ2) is 5.59. The molecule has 23 heavy (non-hydrogen) atoms. The molecule has 0 spiro atoms. The third kappa shape index (κ3) is 2.67. The lowest BCUT2D eigenvalue weighted by Gasteiger charge is -2.37. The van der Waals surface area contributed by atoms with Gasteiger partial charge in [-0.15, -0.1) is 0 Å². The zero-order chi connectivity index (χ0) is 16.9. The van der Waals surface area contributed by atoms with Crippen molar-refractivity contribution >= 4 is 22.6 Å². The summed E-state index contributed by atoms with van der Waals surface area (Å²) in [6.07, 6.45) is -4.87. The van der Waals surface area contributed by atoms with Gasteiger partial charge in [0.1, 0.15) is 23.4 Å². The molecule has 2 nitrogen and oxygen atoms in total. The van der Waals surface area contributed by atoms with E-state index < -0.39 is 35.4 Å². The van der Waals surface area contributed by atoms with Crippen LogP contribution in [0.25, 0.3) is 0 Å². The van der Waals surface area contributed by atoms with Crippen LogP contribution < -0.4 is 4.74 Å². The second-order valence-corrected chi connectivity index (χ2v) is 6.14. The van der Waals surface area contributed by atoms with Crippen LogP contribution in [0.2, 0.25) is 0 Å². The van der Waals surface area contributed by atoms with Crippen molar-refractivity contribution in [3.63, 3.8) is 0 Å². The summed E-state index contributed by atoms with van der Waals surface area (Å²) < 4.78 is 72.0. The number of rotatable bonds is 3. The van der Waals surface area contributed by atoms with Gasteiger partial charge in [0.25, 0.3) is 6.43 Å². The molecule has 0 heterocycles. The monoisotopic (exact) mass is 442 g/mol. The third-order valence-corrected chi connectivity index (χ3v) is 4.42. The van der Waals surface area contributed by atoms with E-state index in [1.165, 1.54) is 12.1 Å². The number of aliphatic hydroxyl groups excluding tert-OH is 1. The van der Waals surface area contributed by atoms with Crippen LogP contribution >= 0.6 is 22.6 Å². The number of ether oxygens (including phenoxy) is 1. The standard InChI is InChI=1S/C15H8F5IO2/c16-7-3-6(14(17)18)4-8(5-7)23-10-2-1-9(21)11-12(10)15(19,20)13(11)22/h1-5,13-14,22H. The third-order valence-electron chi connectivity index (χ3n) is 3.48. The molecule has 2 aromatic rings. The lowest BCUT2D eigenvalue weighted by Crippen LogP contribution is -2.37. The largest absolute Gasteiger partial charge is 0.457 e. The molecule has 0 aromatic heterocycles. The summed E-state index contributed by atoms with van der Waals surface area (Å²) in [5.41, 5.74) is -1.10. The van der Waals surface area contributed by atoms with Crippen molar-refractivity contribution in [3.8, 4) is 11.5 Å². The molecule has 0 bridgehead atoms.